The summed E-state index contributed by atoms with van der Waals surface area (Å²) < 4.78 is 1.49. The van der Waals surface area contributed by atoms with Crippen molar-refractivity contribution >= 4 is 17.7 Å². The maximum Gasteiger partial charge on any atom is 0.272 e. The number of hydrogen-bond donors (Lipinski definition) is 2. The van der Waals surface area contributed by atoms with Crippen LogP contribution in [-0.4, -0.2) is 51.0 Å². The minimum atomic E-state index is -1.11. The van der Waals surface area contributed by atoms with Crippen molar-refractivity contribution in [3.8, 4) is 0 Å². The molecule has 0 radical (unpaired) electrons. The molecule has 1 atom stereocenters. The Balaban J connectivity index is 1.47. The summed E-state index contributed by atoms with van der Waals surface area (Å²) in [6.45, 7) is 4.29. The molecule has 1 saturated carbocycles. The van der Waals surface area contributed by atoms with E-state index in [1.807, 2.05) is 31.2 Å². The van der Waals surface area contributed by atoms with Gasteiger partial charge >= 0.3 is 0 Å². The second kappa shape index (κ2) is 8.76. The molecule has 170 valence electrons. The van der Waals surface area contributed by atoms with Crippen LogP contribution in [0.4, 0.5) is 0 Å². The molecule has 2 aliphatic rings. The number of nitrogens with one attached hydrogen (secondary N) is 2. The Bertz CT molecular complexity index is 1020. The number of aromatic nitrogens is 2. The third-order valence-corrected chi connectivity index (χ3v) is 6.74. The average molecular weight is 438 g/mol. The standard InChI is InChI=1S/C24H31N5O3/c1-16-9-11-17(12-10-16)14-25-23(32)24(2)15-29-20(22(31)28(24)3)13-19(27-29)21(30)26-18-7-5-4-6-8-18/h9-13,18H,4-8,14-15H2,1-3H3,(H,25,32)(H,26,30)/t24-/m1/s1. The molecule has 2 heterocycles. The van der Waals surface area contributed by atoms with E-state index in [1.54, 1.807) is 14.0 Å². The number of fused-ring (bicyclic) bond motifs is 1. The molecule has 0 bridgehead atoms. The molecule has 32 heavy (non-hydrogen) atoms. The third kappa shape index (κ3) is 4.26. The molecule has 1 aliphatic heterocycles. The highest BCUT2D eigenvalue weighted by Crippen LogP contribution is 2.26. The molecule has 8 nitrogen and oxygen atoms in total. The summed E-state index contributed by atoms with van der Waals surface area (Å²) in [5.41, 5.74) is 1.57. The van der Waals surface area contributed by atoms with Crippen LogP contribution in [0.5, 0.6) is 0 Å². The van der Waals surface area contributed by atoms with Gasteiger partial charge in [0.05, 0.1) is 6.54 Å². The molecule has 3 amide bonds. The van der Waals surface area contributed by atoms with Gasteiger partial charge in [0.15, 0.2) is 5.69 Å². The van der Waals surface area contributed by atoms with Crippen molar-refractivity contribution in [2.24, 2.45) is 0 Å². The fourth-order valence-corrected chi connectivity index (χ4v) is 4.42. The number of carbonyl (C=O) groups is 3. The van der Waals surface area contributed by atoms with Gasteiger partial charge < -0.3 is 15.5 Å². The van der Waals surface area contributed by atoms with Gasteiger partial charge in [0, 0.05) is 25.7 Å². The number of likely N-dealkylation sites (N-methyl/N-ethyl adjacent to an activating group) is 1. The molecule has 1 fully saturated rings. The van der Waals surface area contributed by atoms with Crippen LogP contribution in [-0.2, 0) is 17.9 Å². The van der Waals surface area contributed by atoms with Crippen LogP contribution in [0.3, 0.4) is 0 Å². The zero-order valence-electron chi connectivity index (χ0n) is 19.0. The SMILES string of the molecule is Cc1ccc(CNC(=O)[C@@]2(C)Cn3nc(C(=O)NC4CCCCC4)cc3C(=O)N2C)cc1. The number of nitrogens with zero attached hydrogens (tertiary/aromatic N) is 3. The van der Waals surface area contributed by atoms with Crippen molar-refractivity contribution in [2.45, 2.75) is 70.6 Å². The average Bonchev–Trinajstić information content (AvgIpc) is 3.21. The zero-order chi connectivity index (χ0) is 22.9. The van der Waals surface area contributed by atoms with Gasteiger partial charge in [0.2, 0.25) is 5.91 Å². The third-order valence-electron chi connectivity index (χ3n) is 6.74. The Hall–Kier alpha value is -3.16. The predicted molar refractivity (Wildman–Crippen MR) is 120 cm³/mol. The molecule has 0 spiro atoms. The molecule has 1 aliphatic carbocycles. The lowest BCUT2D eigenvalue weighted by Gasteiger charge is -2.40. The summed E-state index contributed by atoms with van der Waals surface area (Å²) in [5, 5.41) is 10.4. The molecule has 0 saturated heterocycles. The summed E-state index contributed by atoms with van der Waals surface area (Å²) in [7, 11) is 1.62. The van der Waals surface area contributed by atoms with E-state index in [9.17, 15) is 14.4 Å². The van der Waals surface area contributed by atoms with Crippen molar-refractivity contribution in [3.05, 3.63) is 52.8 Å². The van der Waals surface area contributed by atoms with E-state index in [0.717, 1.165) is 36.8 Å². The quantitative estimate of drug-likeness (QED) is 0.751. The number of carbonyl (C=O) groups excluding carboxylic acids is 3. The van der Waals surface area contributed by atoms with Crippen LogP contribution in [0.2, 0.25) is 0 Å². The van der Waals surface area contributed by atoms with Crippen LogP contribution < -0.4 is 10.6 Å². The smallest absolute Gasteiger partial charge is 0.272 e. The minimum Gasteiger partial charge on any atom is -0.350 e. The topological polar surface area (TPSA) is 96.3 Å². The summed E-state index contributed by atoms with van der Waals surface area (Å²) in [6.07, 6.45) is 5.38. The van der Waals surface area contributed by atoms with Crippen LogP contribution in [0, 0.1) is 6.92 Å². The molecular formula is C24H31N5O3. The second-order valence-corrected chi connectivity index (χ2v) is 9.19. The van der Waals surface area contributed by atoms with E-state index >= 15 is 0 Å². The number of hydrogen-bond acceptors (Lipinski definition) is 4. The summed E-state index contributed by atoms with van der Waals surface area (Å²) in [4.78, 5) is 40.3. The molecule has 1 aromatic heterocycles. The molecule has 0 unspecified atom stereocenters. The van der Waals surface area contributed by atoms with Crippen LogP contribution in [0.1, 0.15) is 71.1 Å². The Morgan fingerprint density at radius 3 is 2.53 bits per heavy atom. The van der Waals surface area contributed by atoms with Crippen LogP contribution >= 0.6 is 0 Å². The molecule has 1 aromatic carbocycles. The molecular weight excluding hydrogens is 406 g/mol. The Kier molecular flexibility index (Phi) is 6.04. The van der Waals surface area contributed by atoms with Gasteiger partial charge in [-0.25, -0.2) is 0 Å². The highest BCUT2D eigenvalue weighted by atomic mass is 16.2. The van der Waals surface area contributed by atoms with E-state index in [4.69, 9.17) is 0 Å². The normalized spacial score (nSPS) is 21.2. The summed E-state index contributed by atoms with van der Waals surface area (Å²) in [6, 6.07) is 9.62. The van der Waals surface area contributed by atoms with Gasteiger partial charge in [-0.2, -0.15) is 5.10 Å². The number of amides is 3. The van der Waals surface area contributed by atoms with Gasteiger partial charge in [-0.05, 0) is 32.3 Å². The number of aryl methyl sites for hydroxylation is 1. The van der Waals surface area contributed by atoms with E-state index in [0.29, 0.717) is 12.2 Å². The lowest BCUT2D eigenvalue weighted by molar-refractivity contribution is -0.132. The first-order valence-corrected chi connectivity index (χ1v) is 11.3. The molecule has 2 N–H and O–H groups in total. The highest BCUT2D eigenvalue weighted by molar-refractivity contribution is 6.01. The summed E-state index contributed by atoms with van der Waals surface area (Å²) in [5.74, 6) is -0.850. The van der Waals surface area contributed by atoms with Crippen molar-refractivity contribution in [3.63, 3.8) is 0 Å². The fourth-order valence-electron chi connectivity index (χ4n) is 4.42. The molecule has 8 heteroatoms. The van der Waals surface area contributed by atoms with Crippen molar-refractivity contribution in [1.82, 2.24) is 25.3 Å². The maximum absolute atomic E-state index is 13.1. The van der Waals surface area contributed by atoms with Crippen molar-refractivity contribution < 1.29 is 14.4 Å². The van der Waals surface area contributed by atoms with Crippen LogP contribution in [0.15, 0.2) is 30.3 Å². The van der Waals surface area contributed by atoms with E-state index in [-0.39, 0.29) is 36.0 Å². The monoisotopic (exact) mass is 437 g/mol. The van der Waals surface area contributed by atoms with Gasteiger partial charge in [0.1, 0.15) is 11.2 Å². The number of benzene rings is 1. The Morgan fingerprint density at radius 1 is 1.16 bits per heavy atom. The van der Waals surface area contributed by atoms with Crippen LogP contribution in [0.25, 0.3) is 0 Å². The second-order valence-electron chi connectivity index (χ2n) is 9.19. The lowest BCUT2D eigenvalue weighted by Crippen LogP contribution is -2.62. The van der Waals surface area contributed by atoms with E-state index in [1.165, 1.54) is 22.1 Å². The molecule has 2 aromatic rings. The largest absolute Gasteiger partial charge is 0.350 e. The van der Waals surface area contributed by atoms with Gasteiger partial charge in [-0.3, -0.25) is 19.1 Å². The summed E-state index contributed by atoms with van der Waals surface area (Å²) >= 11 is 0. The van der Waals surface area contributed by atoms with Crippen molar-refractivity contribution in [1.29, 1.82) is 0 Å². The van der Waals surface area contributed by atoms with Crippen molar-refractivity contribution in [2.75, 3.05) is 7.05 Å². The molecule has 4 rings (SSSR count). The first-order chi connectivity index (χ1) is 15.3. The number of rotatable bonds is 5. The Morgan fingerprint density at radius 2 is 1.84 bits per heavy atom. The van der Waals surface area contributed by atoms with Gasteiger partial charge in [0.25, 0.3) is 11.8 Å². The first-order valence-electron chi connectivity index (χ1n) is 11.3. The first kappa shape index (κ1) is 22.0. The predicted octanol–water partition coefficient (Wildman–Crippen LogP) is 2.41. The maximum atomic E-state index is 13.1. The van der Waals surface area contributed by atoms with E-state index < -0.39 is 5.54 Å². The highest BCUT2D eigenvalue weighted by Gasteiger charge is 2.46. The zero-order valence-corrected chi connectivity index (χ0v) is 19.0. The minimum absolute atomic E-state index is 0.158. The lowest BCUT2D eigenvalue weighted by atomic mass is 9.95. The van der Waals surface area contributed by atoms with E-state index in [2.05, 4.69) is 15.7 Å². The van der Waals surface area contributed by atoms with Gasteiger partial charge in [-0.15, -0.1) is 0 Å². The van der Waals surface area contributed by atoms with Gasteiger partial charge in [-0.1, -0.05) is 49.1 Å². The Labute approximate surface area is 188 Å². The fraction of sp³-hybridized carbons (Fsp3) is 0.500.